The van der Waals surface area contributed by atoms with Gasteiger partial charge in [0.25, 0.3) is 0 Å². The van der Waals surface area contributed by atoms with Crippen LogP contribution in [0.4, 0.5) is 4.79 Å². The minimum absolute atomic E-state index is 0.373. The lowest BCUT2D eigenvalue weighted by Gasteiger charge is -2.11. The van der Waals surface area contributed by atoms with E-state index < -0.39 is 12.2 Å². The van der Waals surface area contributed by atoms with Crippen LogP contribution >= 0.6 is 0 Å². The van der Waals surface area contributed by atoms with Crippen molar-refractivity contribution in [3.63, 3.8) is 0 Å². The third-order valence-corrected chi connectivity index (χ3v) is 2.38. The van der Waals surface area contributed by atoms with E-state index in [0.717, 1.165) is 12.0 Å². The van der Waals surface area contributed by atoms with Crippen LogP contribution in [0.2, 0.25) is 0 Å². The van der Waals surface area contributed by atoms with Gasteiger partial charge in [-0.3, -0.25) is 0 Å². The summed E-state index contributed by atoms with van der Waals surface area (Å²) < 4.78 is 4.72. The molecule has 0 heterocycles. The molecule has 1 rings (SSSR count). The van der Waals surface area contributed by atoms with E-state index >= 15 is 0 Å². The average Bonchev–Trinajstić information content (AvgIpc) is 2.36. The lowest BCUT2D eigenvalue weighted by atomic mass is 10.1. The highest BCUT2D eigenvalue weighted by molar-refractivity contribution is 5.66. The van der Waals surface area contributed by atoms with E-state index in [-0.39, 0.29) is 0 Å². The fraction of sp³-hybridized carbons (Fsp3) is 0.462. The molecule has 1 amide bonds. The molecule has 0 radical (unpaired) electrons. The van der Waals surface area contributed by atoms with Gasteiger partial charge in [0.05, 0.1) is 12.7 Å². The molecule has 0 aromatic heterocycles. The predicted molar refractivity (Wildman–Crippen MR) is 65.7 cm³/mol. The number of hydrogen-bond donors (Lipinski definition) is 2. The predicted octanol–water partition coefficient (Wildman–Crippen LogP) is 2.25. The summed E-state index contributed by atoms with van der Waals surface area (Å²) in [6.45, 7) is 2.65. The average molecular weight is 237 g/mol. The number of benzene rings is 1. The quantitative estimate of drug-likeness (QED) is 0.746. The van der Waals surface area contributed by atoms with Gasteiger partial charge in [-0.05, 0) is 25.3 Å². The molecule has 0 aliphatic rings. The zero-order chi connectivity index (χ0) is 12.5. The summed E-state index contributed by atoms with van der Waals surface area (Å²) in [5, 5.41) is 12.5. The number of nitrogens with one attached hydrogen (secondary N) is 1. The Bertz CT molecular complexity index is 327. The first-order valence-corrected chi connectivity index (χ1v) is 5.87. The third-order valence-electron chi connectivity index (χ3n) is 2.38. The number of aliphatic hydroxyl groups excluding tert-OH is 1. The van der Waals surface area contributed by atoms with Crippen molar-refractivity contribution in [2.75, 3.05) is 13.2 Å². The van der Waals surface area contributed by atoms with Crippen molar-refractivity contribution >= 4 is 6.09 Å². The van der Waals surface area contributed by atoms with Gasteiger partial charge in [-0.15, -0.1) is 0 Å². The Morgan fingerprint density at radius 3 is 2.76 bits per heavy atom. The molecular weight excluding hydrogens is 218 g/mol. The largest absolute Gasteiger partial charge is 0.450 e. The first-order chi connectivity index (χ1) is 8.24. The van der Waals surface area contributed by atoms with Crippen LogP contribution < -0.4 is 5.32 Å². The van der Waals surface area contributed by atoms with Crippen molar-refractivity contribution in [1.82, 2.24) is 5.32 Å². The van der Waals surface area contributed by atoms with Gasteiger partial charge in [-0.25, -0.2) is 4.79 Å². The van der Waals surface area contributed by atoms with Crippen molar-refractivity contribution in [1.29, 1.82) is 0 Å². The number of alkyl carbamates (subject to hydrolysis) is 1. The highest BCUT2D eigenvalue weighted by Gasteiger charge is 2.06. The highest BCUT2D eigenvalue weighted by Crippen LogP contribution is 2.16. The second-order valence-electron chi connectivity index (χ2n) is 3.72. The van der Waals surface area contributed by atoms with Crippen molar-refractivity contribution in [3.8, 4) is 0 Å². The first-order valence-electron chi connectivity index (χ1n) is 5.87. The van der Waals surface area contributed by atoms with Gasteiger partial charge in [0.15, 0.2) is 0 Å². The van der Waals surface area contributed by atoms with Crippen LogP contribution in [0.1, 0.15) is 31.4 Å². The molecule has 1 aromatic rings. The van der Waals surface area contributed by atoms with E-state index in [9.17, 15) is 9.90 Å². The second-order valence-corrected chi connectivity index (χ2v) is 3.72. The highest BCUT2D eigenvalue weighted by atomic mass is 16.5. The molecule has 0 bridgehead atoms. The summed E-state index contributed by atoms with van der Waals surface area (Å²) in [5.74, 6) is 0. The molecule has 0 unspecified atom stereocenters. The molecule has 0 spiro atoms. The maximum Gasteiger partial charge on any atom is 0.407 e. The monoisotopic (exact) mass is 237 g/mol. The molecule has 0 aliphatic heterocycles. The SMILES string of the molecule is CCOC(=O)NCCC[C@@H](O)c1ccccc1. The fourth-order valence-corrected chi connectivity index (χ4v) is 1.51. The van der Waals surface area contributed by atoms with E-state index in [4.69, 9.17) is 4.74 Å². The van der Waals surface area contributed by atoms with Gasteiger partial charge in [0.1, 0.15) is 0 Å². The van der Waals surface area contributed by atoms with Gasteiger partial charge in [-0.2, -0.15) is 0 Å². The zero-order valence-corrected chi connectivity index (χ0v) is 10.1. The Morgan fingerprint density at radius 2 is 2.12 bits per heavy atom. The summed E-state index contributed by atoms with van der Waals surface area (Å²) in [6.07, 6.45) is 0.465. The first kappa shape index (κ1) is 13.5. The molecular formula is C13H19NO3. The van der Waals surface area contributed by atoms with E-state index in [1.54, 1.807) is 6.92 Å². The van der Waals surface area contributed by atoms with Gasteiger partial charge >= 0.3 is 6.09 Å². The van der Waals surface area contributed by atoms with E-state index in [0.29, 0.717) is 19.6 Å². The lowest BCUT2D eigenvalue weighted by Crippen LogP contribution is -2.25. The van der Waals surface area contributed by atoms with E-state index in [1.807, 2.05) is 30.3 Å². The summed E-state index contributed by atoms with van der Waals surface area (Å²) in [6, 6.07) is 9.50. The summed E-state index contributed by atoms with van der Waals surface area (Å²) in [4.78, 5) is 11.0. The van der Waals surface area contributed by atoms with Crippen LogP contribution in [0.5, 0.6) is 0 Å². The normalized spacial score (nSPS) is 11.9. The molecule has 0 fully saturated rings. The van der Waals surface area contributed by atoms with Gasteiger partial charge in [0, 0.05) is 6.54 Å². The van der Waals surface area contributed by atoms with Crippen LogP contribution in [-0.4, -0.2) is 24.4 Å². The summed E-state index contributed by atoms with van der Waals surface area (Å²) >= 11 is 0. The van der Waals surface area contributed by atoms with Crippen LogP contribution in [0.3, 0.4) is 0 Å². The fourth-order valence-electron chi connectivity index (χ4n) is 1.51. The van der Waals surface area contributed by atoms with Crippen molar-refractivity contribution in [2.24, 2.45) is 0 Å². The number of ether oxygens (including phenoxy) is 1. The second kappa shape index (κ2) is 7.68. The maximum atomic E-state index is 11.0. The zero-order valence-electron chi connectivity index (χ0n) is 10.1. The van der Waals surface area contributed by atoms with E-state index in [2.05, 4.69) is 5.32 Å². The van der Waals surface area contributed by atoms with Crippen molar-refractivity contribution in [2.45, 2.75) is 25.9 Å². The van der Waals surface area contributed by atoms with Crippen LogP contribution in [0.15, 0.2) is 30.3 Å². The molecule has 4 heteroatoms. The van der Waals surface area contributed by atoms with Crippen molar-refractivity contribution in [3.05, 3.63) is 35.9 Å². The molecule has 17 heavy (non-hydrogen) atoms. The minimum atomic E-state index is -0.472. The molecule has 0 saturated carbocycles. The Kier molecular flexibility index (Phi) is 6.10. The van der Waals surface area contributed by atoms with Crippen LogP contribution in [0, 0.1) is 0 Å². The number of carbonyl (C=O) groups is 1. The summed E-state index contributed by atoms with van der Waals surface area (Å²) in [7, 11) is 0. The number of aliphatic hydroxyl groups is 1. The maximum absolute atomic E-state index is 11.0. The molecule has 0 aliphatic carbocycles. The topological polar surface area (TPSA) is 58.6 Å². The van der Waals surface area contributed by atoms with E-state index in [1.165, 1.54) is 0 Å². The minimum Gasteiger partial charge on any atom is -0.450 e. The smallest absolute Gasteiger partial charge is 0.407 e. The van der Waals surface area contributed by atoms with Crippen LogP contribution in [-0.2, 0) is 4.74 Å². The standard InChI is InChI=1S/C13H19NO3/c1-2-17-13(16)14-10-6-9-12(15)11-7-4-3-5-8-11/h3-5,7-8,12,15H,2,6,9-10H2,1H3,(H,14,16)/t12-/m1/s1. The summed E-state index contributed by atoms with van der Waals surface area (Å²) in [5.41, 5.74) is 0.906. The molecule has 4 nitrogen and oxygen atoms in total. The molecule has 1 aromatic carbocycles. The Hall–Kier alpha value is -1.55. The molecule has 94 valence electrons. The van der Waals surface area contributed by atoms with Gasteiger partial charge < -0.3 is 15.2 Å². The lowest BCUT2D eigenvalue weighted by molar-refractivity contribution is 0.147. The number of amides is 1. The Labute approximate surface area is 102 Å². The number of hydrogen-bond acceptors (Lipinski definition) is 3. The van der Waals surface area contributed by atoms with Crippen LogP contribution in [0.25, 0.3) is 0 Å². The third kappa shape index (κ3) is 5.36. The Morgan fingerprint density at radius 1 is 1.41 bits per heavy atom. The van der Waals surface area contributed by atoms with Crippen molar-refractivity contribution < 1.29 is 14.6 Å². The van der Waals surface area contributed by atoms with Gasteiger partial charge in [-0.1, -0.05) is 30.3 Å². The number of carbonyl (C=O) groups excluding carboxylic acids is 1. The molecule has 0 saturated heterocycles. The van der Waals surface area contributed by atoms with Gasteiger partial charge in [0.2, 0.25) is 0 Å². The molecule has 1 atom stereocenters. The number of rotatable bonds is 6. The Balaban J connectivity index is 2.17. The molecule has 2 N–H and O–H groups in total.